The van der Waals surface area contributed by atoms with Crippen LogP contribution in [0.25, 0.3) is 0 Å². The van der Waals surface area contributed by atoms with Crippen LogP contribution in [0.3, 0.4) is 0 Å². The number of thioether (sulfide) groups is 1. The number of hydrogen-bond donors (Lipinski definition) is 1. The zero-order valence-electron chi connectivity index (χ0n) is 12.2. The van der Waals surface area contributed by atoms with Crippen molar-refractivity contribution in [1.29, 1.82) is 0 Å². The fraction of sp³-hybridized carbons (Fsp3) is 0.500. The lowest BCUT2D eigenvalue weighted by atomic mass is 10.2. The molecule has 0 atom stereocenters. The summed E-state index contributed by atoms with van der Waals surface area (Å²) in [5.41, 5.74) is 1.17. The Bertz CT molecular complexity index is 505. The van der Waals surface area contributed by atoms with Gasteiger partial charge in [-0.25, -0.2) is 4.68 Å². The molecule has 0 saturated heterocycles. The lowest BCUT2D eigenvalue weighted by molar-refractivity contribution is 0.169. The quantitative estimate of drug-likeness (QED) is 0.411. The van der Waals surface area contributed by atoms with Crippen molar-refractivity contribution in [1.82, 2.24) is 25.5 Å². The summed E-state index contributed by atoms with van der Waals surface area (Å²) in [6.07, 6.45) is 1.13. The Morgan fingerprint density at radius 1 is 1.24 bits per heavy atom. The van der Waals surface area contributed by atoms with Gasteiger partial charge < -0.3 is 10.1 Å². The van der Waals surface area contributed by atoms with E-state index in [4.69, 9.17) is 4.74 Å². The summed E-state index contributed by atoms with van der Waals surface area (Å²) in [4.78, 5) is 0. The van der Waals surface area contributed by atoms with Gasteiger partial charge in [0, 0.05) is 6.54 Å². The van der Waals surface area contributed by atoms with Gasteiger partial charge in [-0.1, -0.05) is 49.0 Å². The molecule has 0 aliphatic heterocycles. The highest BCUT2D eigenvalue weighted by Gasteiger charge is 2.06. The van der Waals surface area contributed by atoms with Crippen molar-refractivity contribution in [3.63, 3.8) is 0 Å². The molecule has 21 heavy (non-hydrogen) atoms. The highest BCUT2D eigenvalue weighted by molar-refractivity contribution is 7.99. The Morgan fingerprint density at radius 3 is 2.90 bits per heavy atom. The van der Waals surface area contributed by atoms with Crippen molar-refractivity contribution in [3.05, 3.63) is 35.9 Å². The average molecular weight is 307 g/mol. The molecule has 7 heteroatoms. The van der Waals surface area contributed by atoms with E-state index in [0.717, 1.165) is 31.2 Å². The zero-order valence-corrected chi connectivity index (χ0v) is 13.1. The molecule has 0 spiro atoms. The number of benzene rings is 1. The Balaban J connectivity index is 1.67. The molecule has 1 N–H and O–H groups in total. The highest BCUT2D eigenvalue weighted by Crippen LogP contribution is 2.14. The van der Waals surface area contributed by atoms with E-state index in [1.165, 1.54) is 17.3 Å². The molecule has 0 radical (unpaired) electrons. The molecule has 0 amide bonds. The molecule has 1 heterocycles. The minimum atomic E-state index is 0.539. The Kier molecular flexibility index (Phi) is 7.20. The largest absolute Gasteiger partial charge is 0.366 e. The topological polar surface area (TPSA) is 64.9 Å². The highest BCUT2D eigenvalue weighted by atomic mass is 32.2. The lowest BCUT2D eigenvalue weighted by Crippen LogP contribution is -2.21. The van der Waals surface area contributed by atoms with Crippen molar-refractivity contribution in [3.8, 4) is 0 Å². The third-order valence-electron chi connectivity index (χ3n) is 2.81. The van der Waals surface area contributed by atoms with Gasteiger partial charge in [-0.2, -0.15) is 0 Å². The van der Waals surface area contributed by atoms with Gasteiger partial charge >= 0.3 is 0 Å². The summed E-state index contributed by atoms with van der Waals surface area (Å²) >= 11 is 1.51. The van der Waals surface area contributed by atoms with E-state index >= 15 is 0 Å². The number of hydrogen-bond acceptors (Lipinski definition) is 6. The fourth-order valence-electron chi connectivity index (χ4n) is 1.76. The van der Waals surface area contributed by atoms with Crippen LogP contribution in [0.5, 0.6) is 0 Å². The summed E-state index contributed by atoms with van der Waals surface area (Å²) in [5.74, 6) is 0.539. The van der Waals surface area contributed by atoms with E-state index in [-0.39, 0.29) is 0 Å². The SMILES string of the molecule is CCCNCCn1nnnc1SCOCc1ccccc1. The number of tetrazole rings is 1. The molecule has 1 aromatic carbocycles. The van der Waals surface area contributed by atoms with E-state index in [2.05, 4.69) is 27.8 Å². The zero-order chi connectivity index (χ0) is 14.8. The first-order chi connectivity index (χ1) is 10.4. The number of aromatic nitrogens is 4. The minimum absolute atomic E-state index is 0.539. The number of ether oxygens (including phenoxy) is 1. The Morgan fingerprint density at radius 2 is 2.10 bits per heavy atom. The van der Waals surface area contributed by atoms with Gasteiger partial charge in [0.25, 0.3) is 0 Å². The molecule has 0 aliphatic rings. The molecule has 114 valence electrons. The smallest absolute Gasteiger partial charge is 0.211 e. The second-order valence-corrected chi connectivity index (χ2v) is 5.42. The van der Waals surface area contributed by atoms with Crippen LogP contribution in [0.2, 0.25) is 0 Å². The lowest BCUT2D eigenvalue weighted by Gasteiger charge is -2.06. The normalized spacial score (nSPS) is 10.9. The molecule has 6 nitrogen and oxygen atoms in total. The maximum absolute atomic E-state index is 5.63. The Hall–Kier alpha value is -1.44. The number of rotatable bonds is 10. The summed E-state index contributed by atoms with van der Waals surface area (Å²) in [6, 6.07) is 10.1. The maximum atomic E-state index is 5.63. The minimum Gasteiger partial charge on any atom is -0.366 e. The third kappa shape index (κ3) is 5.82. The van der Waals surface area contributed by atoms with E-state index in [1.54, 1.807) is 4.68 Å². The van der Waals surface area contributed by atoms with E-state index in [9.17, 15) is 0 Å². The predicted molar refractivity (Wildman–Crippen MR) is 82.9 cm³/mol. The van der Waals surface area contributed by atoms with Gasteiger partial charge in [0.2, 0.25) is 5.16 Å². The standard InChI is InChI=1S/C14H21N5OS/c1-2-8-15-9-10-19-14(16-17-18-19)21-12-20-11-13-6-4-3-5-7-13/h3-7,15H,2,8-12H2,1H3. The van der Waals surface area contributed by atoms with Crippen LogP contribution >= 0.6 is 11.8 Å². The summed E-state index contributed by atoms with van der Waals surface area (Å²) in [7, 11) is 0. The van der Waals surface area contributed by atoms with Crippen molar-refractivity contribution >= 4 is 11.8 Å². The van der Waals surface area contributed by atoms with Crippen LogP contribution in [0, 0.1) is 0 Å². The molecule has 0 saturated carbocycles. The Labute approximate surface area is 129 Å². The number of nitrogens with one attached hydrogen (secondary N) is 1. The fourth-order valence-corrected chi connectivity index (χ4v) is 2.40. The van der Waals surface area contributed by atoms with Crippen molar-refractivity contribution in [2.75, 3.05) is 19.0 Å². The first kappa shape index (κ1) is 15.9. The molecular formula is C14H21N5OS. The van der Waals surface area contributed by atoms with Crippen LogP contribution in [0.1, 0.15) is 18.9 Å². The maximum Gasteiger partial charge on any atom is 0.211 e. The van der Waals surface area contributed by atoms with Gasteiger partial charge in [0.15, 0.2) is 0 Å². The molecular weight excluding hydrogens is 286 g/mol. The van der Waals surface area contributed by atoms with Gasteiger partial charge in [0.05, 0.1) is 13.2 Å². The van der Waals surface area contributed by atoms with Gasteiger partial charge in [0.1, 0.15) is 5.94 Å². The predicted octanol–water partition coefficient (Wildman–Crippen LogP) is 1.94. The first-order valence-corrected chi connectivity index (χ1v) is 8.10. The molecule has 0 fully saturated rings. The molecule has 0 aliphatic carbocycles. The summed E-state index contributed by atoms with van der Waals surface area (Å²) in [5, 5.41) is 15.8. The van der Waals surface area contributed by atoms with E-state index < -0.39 is 0 Å². The van der Waals surface area contributed by atoms with E-state index in [1.807, 2.05) is 30.3 Å². The molecule has 0 bridgehead atoms. The van der Waals surface area contributed by atoms with Crippen LogP contribution in [0.15, 0.2) is 35.5 Å². The van der Waals surface area contributed by atoms with Crippen molar-refractivity contribution in [2.24, 2.45) is 0 Å². The second-order valence-electron chi connectivity index (χ2n) is 4.53. The first-order valence-electron chi connectivity index (χ1n) is 7.11. The van der Waals surface area contributed by atoms with Crippen molar-refractivity contribution < 1.29 is 4.74 Å². The molecule has 0 unspecified atom stereocenters. The van der Waals surface area contributed by atoms with Crippen LogP contribution < -0.4 is 5.32 Å². The average Bonchev–Trinajstić information content (AvgIpc) is 2.97. The summed E-state index contributed by atoms with van der Waals surface area (Å²) < 4.78 is 7.43. The van der Waals surface area contributed by atoms with Gasteiger partial charge in [-0.15, -0.1) is 5.10 Å². The molecule has 2 rings (SSSR count). The number of nitrogens with zero attached hydrogens (tertiary/aromatic N) is 4. The third-order valence-corrected chi connectivity index (χ3v) is 3.64. The van der Waals surface area contributed by atoms with E-state index in [0.29, 0.717) is 12.5 Å². The van der Waals surface area contributed by atoms with Crippen LogP contribution in [-0.4, -0.2) is 39.2 Å². The monoisotopic (exact) mass is 307 g/mol. The second kappa shape index (κ2) is 9.49. The van der Waals surface area contributed by atoms with Crippen LogP contribution in [0.4, 0.5) is 0 Å². The summed E-state index contributed by atoms with van der Waals surface area (Å²) in [6.45, 7) is 5.42. The van der Waals surface area contributed by atoms with Gasteiger partial charge in [-0.3, -0.25) is 0 Å². The van der Waals surface area contributed by atoms with Crippen LogP contribution in [-0.2, 0) is 17.9 Å². The van der Waals surface area contributed by atoms with Gasteiger partial charge in [-0.05, 0) is 29.0 Å². The molecule has 2 aromatic rings. The molecule has 1 aromatic heterocycles. The van der Waals surface area contributed by atoms with Crippen molar-refractivity contribution in [2.45, 2.75) is 31.7 Å².